The Morgan fingerprint density at radius 3 is 2.13 bits per heavy atom. The molecule has 2 aromatic heterocycles. The number of aromatic nitrogens is 1. The molecule has 0 spiro atoms. The second-order valence-electron chi connectivity index (χ2n) is 15.5. The maximum absolute atomic E-state index is 6.97. The van der Waals surface area contributed by atoms with Crippen molar-refractivity contribution >= 4 is 49.1 Å². The van der Waals surface area contributed by atoms with Crippen LogP contribution in [0.2, 0.25) is 0 Å². The number of para-hydroxylation sites is 1. The van der Waals surface area contributed by atoms with Gasteiger partial charge in [0, 0.05) is 33.4 Å². The lowest BCUT2D eigenvalue weighted by molar-refractivity contribution is 0.395. The van der Waals surface area contributed by atoms with Crippen molar-refractivity contribution in [3.63, 3.8) is 0 Å². The molecule has 2 nitrogen and oxygen atoms in total. The first kappa shape index (κ1) is 31.1. The zero-order valence-corrected chi connectivity index (χ0v) is 30.3. The zero-order chi connectivity index (χ0) is 36.0. The zero-order valence-electron chi connectivity index (χ0n) is 30.3. The average molecular weight is 692 g/mol. The van der Waals surface area contributed by atoms with E-state index in [2.05, 4.69) is 190 Å². The molecule has 2 atom stereocenters. The van der Waals surface area contributed by atoms with Gasteiger partial charge >= 0.3 is 0 Å². The van der Waals surface area contributed by atoms with Crippen molar-refractivity contribution in [2.24, 2.45) is 5.92 Å². The number of pyridine rings is 1. The maximum atomic E-state index is 6.97. The van der Waals surface area contributed by atoms with Gasteiger partial charge in [-0.3, -0.25) is 0 Å². The Hall–Kier alpha value is -6.51. The van der Waals surface area contributed by atoms with Gasteiger partial charge in [0.1, 0.15) is 11.2 Å². The molecule has 2 aliphatic rings. The fourth-order valence-corrected chi connectivity index (χ4v) is 9.52. The van der Waals surface area contributed by atoms with E-state index in [4.69, 9.17) is 9.40 Å². The molecule has 9 aromatic rings. The van der Waals surface area contributed by atoms with Gasteiger partial charge in [-0.05, 0) is 78.9 Å². The minimum Gasteiger partial charge on any atom is -0.455 e. The lowest BCUT2D eigenvalue weighted by Gasteiger charge is -2.31. The molecule has 7 aromatic carbocycles. The molecular weight excluding hydrogens is 655 g/mol. The quantitative estimate of drug-likeness (QED) is 0.184. The third-order valence-corrected chi connectivity index (χ3v) is 12.2. The molecule has 54 heavy (non-hydrogen) atoms. The van der Waals surface area contributed by atoms with Gasteiger partial charge < -0.3 is 4.42 Å². The summed E-state index contributed by atoms with van der Waals surface area (Å²) in [7, 11) is 0. The van der Waals surface area contributed by atoms with Gasteiger partial charge in [0.2, 0.25) is 0 Å². The minimum absolute atomic E-state index is 0.0306. The summed E-state index contributed by atoms with van der Waals surface area (Å²) in [5, 5.41) is 7.02. The Kier molecular flexibility index (Phi) is 6.76. The minimum atomic E-state index is 0.0306. The molecule has 2 heteroatoms. The summed E-state index contributed by atoms with van der Waals surface area (Å²) < 4.78 is 6.97. The third-order valence-electron chi connectivity index (χ3n) is 12.2. The molecule has 0 N–H and O–H groups in total. The lowest BCUT2D eigenvalue weighted by atomic mass is 9.73. The van der Waals surface area contributed by atoms with E-state index in [1.54, 1.807) is 0 Å². The van der Waals surface area contributed by atoms with Crippen LogP contribution in [0.5, 0.6) is 0 Å². The molecule has 0 fully saturated rings. The summed E-state index contributed by atoms with van der Waals surface area (Å²) in [6.07, 6.45) is 7.29. The highest BCUT2D eigenvalue weighted by Crippen LogP contribution is 2.54. The molecule has 2 heterocycles. The van der Waals surface area contributed by atoms with Crippen molar-refractivity contribution in [1.29, 1.82) is 0 Å². The predicted molar refractivity (Wildman–Crippen MR) is 226 cm³/mol. The number of allylic oxidation sites excluding steroid dienone is 4. The van der Waals surface area contributed by atoms with Crippen molar-refractivity contribution in [1.82, 2.24) is 4.98 Å². The van der Waals surface area contributed by atoms with Gasteiger partial charge in [-0.2, -0.15) is 0 Å². The number of hydrogen-bond donors (Lipinski definition) is 0. The van der Waals surface area contributed by atoms with E-state index in [0.717, 1.165) is 60.8 Å². The third kappa shape index (κ3) is 4.63. The molecule has 11 rings (SSSR count). The van der Waals surface area contributed by atoms with E-state index >= 15 is 0 Å². The Bertz CT molecular complexity index is 3030. The first-order chi connectivity index (χ1) is 26.5. The maximum Gasteiger partial charge on any atom is 0.143 e. The fourth-order valence-electron chi connectivity index (χ4n) is 9.52. The van der Waals surface area contributed by atoms with Crippen LogP contribution in [0.1, 0.15) is 36.5 Å². The molecule has 0 saturated carbocycles. The standard InChI is InChI=1S/C52H37NO/c1-52(2)45-25-11-10-20-39(45)40-27-26-34(28-46(40)52)35-29-47(33-15-4-3-5-16-33)53-48(30-35)44-31-49-50(41-21-9-8-19-38(41)44)43-24-13-23-42(51(43)54-49)37-22-12-17-32-14-6-7-18-36(32)37/h3-31,40,46H,1-2H3. The summed E-state index contributed by atoms with van der Waals surface area (Å²) in [6.45, 7) is 4.80. The van der Waals surface area contributed by atoms with E-state index < -0.39 is 0 Å². The number of fused-ring (bicyclic) bond motifs is 9. The molecule has 0 saturated heterocycles. The van der Waals surface area contributed by atoms with Gasteiger partial charge in [-0.15, -0.1) is 0 Å². The second-order valence-corrected chi connectivity index (χ2v) is 15.5. The summed E-state index contributed by atoms with van der Waals surface area (Å²) in [6, 6.07) is 56.7. The van der Waals surface area contributed by atoms with E-state index in [9.17, 15) is 0 Å². The van der Waals surface area contributed by atoms with Crippen LogP contribution in [-0.2, 0) is 5.41 Å². The Morgan fingerprint density at radius 2 is 1.24 bits per heavy atom. The van der Waals surface area contributed by atoms with Gasteiger partial charge in [0.25, 0.3) is 0 Å². The van der Waals surface area contributed by atoms with E-state index in [1.165, 1.54) is 38.6 Å². The van der Waals surface area contributed by atoms with Crippen LogP contribution < -0.4 is 0 Å². The first-order valence-corrected chi connectivity index (χ1v) is 19.0. The highest BCUT2D eigenvalue weighted by molar-refractivity contribution is 6.24. The Morgan fingerprint density at radius 1 is 0.556 bits per heavy atom. The monoisotopic (exact) mass is 691 g/mol. The molecule has 0 bridgehead atoms. The van der Waals surface area contributed by atoms with Crippen molar-refractivity contribution in [2.75, 3.05) is 0 Å². The van der Waals surface area contributed by atoms with Crippen molar-refractivity contribution in [2.45, 2.75) is 25.2 Å². The smallest absolute Gasteiger partial charge is 0.143 e. The summed E-state index contributed by atoms with van der Waals surface area (Å²) in [5.74, 6) is 0.753. The van der Waals surface area contributed by atoms with E-state index in [0.29, 0.717) is 11.8 Å². The van der Waals surface area contributed by atoms with Gasteiger partial charge in [-0.25, -0.2) is 4.98 Å². The number of benzene rings is 7. The van der Waals surface area contributed by atoms with Crippen LogP contribution >= 0.6 is 0 Å². The molecule has 256 valence electrons. The highest BCUT2D eigenvalue weighted by Gasteiger charge is 2.44. The fraction of sp³-hybridized carbons (Fsp3) is 0.0962. The van der Waals surface area contributed by atoms with Crippen LogP contribution in [0.15, 0.2) is 180 Å². The molecule has 2 aliphatic carbocycles. The van der Waals surface area contributed by atoms with Gasteiger partial charge in [0.05, 0.1) is 11.4 Å². The predicted octanol–water partition coefficient (Wildman–Crippen LogP) is 13.9. The van der Waals surface area contributed by atoms with Crippen LogP contribution in [0.4, 0.5) is 0 Å². The summed E-state index contributed by atoms with van der Waals surface area (Å²) in [4.78, 5) is 5.41. The van der Waals surface area contributed by atoms with E-state index in [-0.39, 0.29) is 5.41 Å². The number of furan rings is 1. The largest absolute Gasteiger partial charge is 0.455 e. The number of nitrogens with zero attached hydrogens (tertiary/aromatic N) is 1. The van der Waals surface area contributed by atoms with Crippen LogP contribution in [0.3, 0.4) is 0 Å². The van der Waals surface area contributed by atoms with Gasteiger partial charge in [-0.1, -0.05) is 172 Å². The van der Waals surface area contributed by atoms with Crippen molar-refractivity contribution in [3.8, 4) is 33.6 Å². The molecule has 2 unspecified atom stereocenters. The molecule has 0 amide bonds. The molecular formula is C52H37NO. The highest BCUT2D eigenvalue weighted by atomic mass is 16.3. The average Bonchev–Trinajstić information content (AvgIpc) is 3.72. The summed E-state index contributed by atoms with van der Waals surface area (Å²) >= 11 is 0. The molecule has 0 aliphatic heterocycles. The van der Waals surface area contributed by atoms with Crippen LogP contribution in [0.25, 0.3) is 82.7 Å². The Labute approximate surface area is 314 Å². The van der Waals surface area contributed by atoms with Crippen LogP contribution in [0, 0.1) is 5.92 Å². The van der Waals surface area contributed by atoms with E-state index in [1.807, 2.05) is 0 Å². The normalized spacial score (nSPS) is 17.3. The molecule has 0 radical (unpaired) electrons. The van der Waals surface area contributed by atoms with Crippen molar-refractivity contribution < 1.29 is 4.42 Å². The number of rotatable bonds is 4. The Balaban J connectivity index is 1.13. The summed E-state index contributed by atoms with van der Waals surface area (Å²) in [5.41, 5.74) is 13.5. The van der Waals surface area contributed by atoms with Crippen LogP contribution in [-0.4, -0.2) is 4.98 Å². The topological polar surface area (TPSA) is 26.0 Å². The number of hydrogen-bond acceptors (Lipinski definition) is 2. The van der Waals surface area contributed by atoms with Crippen molar-refractivity contribution in [3.05, 3.63) is 193 Å². The first-order valence-electron chi connectivity index (χ1n) is 19.0. The lowest BCUT2D eigenvalue weighted by Crippen LogP contribution is -2.25. The SMILES string of the molecule is CC1(C)c2ccccc2C2C=CC(c3cc(-c4ccccc4)nc(-c4cc5oc6c(-c7cccc8ccccc78)cccc6c5c5ccccc45)c3)=CC21. The van der Waals surface area contributed by atoms with Gasteiger partial charge in [0.15, 0.2) is 0 Å². The second kappa shape index (κ2) is 11.7.